The molecule has 0 amide bonds. The van der Waals surface area contributed by atoms with Crippen LogP contribution in [-0.4, -0.2) is 11.4 Å². The Bertz CT molecular complexity index is 450. The second-order valence-corrected chi connectivity index (χ2v) is 4.86. The zero-order valence-electron chi connectivity index (χ0n) is 6.87. The van der Waals surface area contributed by atoms with Crippen LogP contribution in [0.5, 0.6) is 5.06 Å². The van der Waals surface area contributed by atoms with Crippen LogP contribution in [0.15, 0.2) is 23.1 Å². The smallest absolute Gasteiger partial charge is 0.172 e. The van der Waals surface area contributed by atoms with Crippen molar-refractivity contribution in [3.05, 3.63) is 23.2 Å². The van der Waals surface area contributed by atoms with Crippen molar-refractivity contribution < 1.29 is 5.11 Å². The molecule has 0 aliphatic heterocycles. The van der Waals surface area contributed by atoms with E-state index >= 15 is 0 Å². The summed E-state index contributed by atoms with van der Waals surface area (Å²) in [6.45, 7) is 0. The zero-order valence-corrected chi connectivity index (χ0v) is 9.26. The molecule has 0 fully saturated rings. The molecule has 1 aromatic carbocycles. The molecule has 0 saturated heterocycles. The highest BCUT2D eigenvalue weighted by Crippen LogP contribution is 2.39. The summed E-state index contributed by atoms with van der Waals surface area (Å²) in [5.74, 6) is 0. The zero-order chi connectivity index (χ0) is 9.42. The molecule has 0 radical (unpaired) electrons. The van der Waals surface area contributed by atoms with Crippen LogP contribution in [0, 0.1) is 0 Å². The molecule has 13 heavy (non-hydrogen) atoms. The lowest BCUT2D eigenvalue weighted by atomic mass is 10.3. The summed E-state index contributed by atoms with van der Waals surface area (Å²) in [6, 6.07) is 5.56. The molecule has 0 bridgehead atoms. The maximum atomic E-state index is 9.33. The Balaban J connectivity index is 2.82. The maximum absolute atomic E-state index is 9.33. The predicted octanol–water partition coefficient (Wildman–Crippen LogP) is 3.98. The maximum Gasteiger partial charge on any atom is 0.172 e. The molecular formula is C9H7ClOS2. The average molecular weight is 231 g/mol. The topological polar surface area (TPSA) is 20.2 Å². The Morgan fingerprint density at radius 1 is 1.46 bits per heavy atom. The Hall–Kier alpha value is -0.380. The van der Waals surface area contributed by atoms with Gasteiger partial charge in [0.05, 0.1) is 5.02 Å². The minimum absolute atomic E-state index is 0.340. The standard InChI is InChI=1S/C9H7ClOS2/c1-12-9-5-4-8(11)13-7(5)3-2-6(9)10/h2-4,11H,1H3. The Morgan fingerprint density at radius 3 is 2.92 bits per heavy atom. The molecule has 1 nitrogen and oxygen atoms in total. The van der Waals surface area contributed by atoms with Crippen LogP contribution in [-0.2, 0) is 0 Å². The second kappa shape index (κ2) is 3.40. The van der Waals surface area contributed by atoms with Crippen molar-refractivity contribution in [2.75, 3.05) is 6.26 Å². The number of benzene rings is 1. The average Bonchev–Trinajstić information content (AvgIpc) is 2.45. The van der Waals surface area contributed by atoms with E-state index in [1.54, 1.807) is 17.8 Å². The molecule has 1 heterocycles. The summed E-state index contributed by atoms with van der Waals surface area (Å²) in [4.78, 5) is 1.04. The highest BCUT2D eigenvalue weighted by atomic mass is 35.5. The fourth-order valence-electron chi connectivity index (χ4n) is 1.25. The van der Waals surface area contributed by atoms with Gasteiger partial charge in [-0.3, -0.25) is 0 Å². The van der Waals surface area contributed by atoms with Crippen LogP contribution in [0.3, 0.4) is 0 Å². The van der Waals surface area contributed by atoms with E-state index in [1.807, 2.05) is 18.4 Å². The van der Waals surface area contributed by atoms with Gasteiger partial charge in [-0.2, -0.15) is 0 Å². The van der Waals surface area contributed by atoms with Crippen molar-refractivity contribution in [1.82, 2.24) is 0 Å². The third kappa shape index (κ3) is 1.52. The number of aromatic hydroxyl groups is 1. The van der Waals surface area contributed by atoms with Crippen molar-refractivity contribution in [3.63, 3.8) is 0 Å². The molecule has 68 valence electrons. The van der Waals surface area contributed by atoms with E-state index in [9.17, 15) is 5.11 Å². The van der Waals surface area contributed by atoms with Crippen molar-refractivity contribution in [2.45, 2.75) is 4.90 Å². The number of thioether (sulfide) groups is 1. The van der Waals surface area contributed by atoms with Gasteiger partial charge in [0.15, 0.2) is 5.06 Å². The lowest BCUT2D eigenvalue weighted by molar-refractivity contribution is 0.491. The number of hydrogen-bond donors (Lipinski definition) is 1. The first-order chi connectivity index (χ1) is 6.22. The lowest BCUT2D eigenvalue weighted by Crippen LogP contribution is -1.73. The molecule has 1 N–H and O–H groups in total. The van der Waals surface area contributed by atoms with Crippen LogP contribution < -0.4 is 0 Å². The fraction of sp³-hybridized carbons (Fsp3) is 0.111. The van der Waals surface area contributed by atoms with E-state index in [-0.39, 0.29) is 0 Å². The summed E-state index contributed by atoms with van der Waals surface area (Å²) in [5.41, 5.74) is 0. The first-order valence-electron chi connectivity index (χ1n) is 3.67. The SMILES string of the molecule is CSc1c(Cl)ccc2sc(O)cc12. The largest absolute Gasteiger partial charge is 0.499 e. The fourth-order valence-corrected chi connectivity index (χ4v) is 3.18. The number of fused-ring (bicyclic) bond motifs is 1. The van der Waals surface area contributed by atoms with Gasteiger partial charge < -0.3 is 5.11 Å². The molecule has 0 aliphatic carbocycles. The molecule has 0 spiro atoms. The summed E-state index contributed by atoms with van der Waals surface area (Å²) in [7, 11) is 0. The highest BCUT2D eigenvalue weighted by Gasteiger charge is 2.08. The Labute approximate surface area is 89.3 Å². The van der Waals surface area contributed by atoms with Crippen LogP contribution in [0.25, 0.3) is 10.1 Å². The Morgan fingerprint density at radius 2 is 2.23 bits per heavy atom. The number of thiophene rings is 1. The predicted molar refractivity (Wildman–Crippen MR) is 60.3 cm³/mol. The van der Waals surface area contributed by atoms with Gasteiger partial charge in [-0.15, -0.1) is 11.8 Å². The third-order valence-corrected chi connectivity index (χ3v) is 3.97. The van der Waals surface area contributed by atoms with Crippen LogP contribution >= 0.6 is 34.7 Å². The monoisotopic (exact) mass is 230 g/mol. The summed E-state index contributed by atoms with van der Waals surface area (Å²) in [6.07, 6.45) is 1.98. The van der Waals surface area contributed by atoms with Gasteiger partial charge in [0, 0.05) is 21.0 Å². The molecule has 0 saturated carbocycles. The normalized spacial score (nSPS) is 10.9. The number of hydrogen-bond acceptors (Lipinski definition) is 3. The van der Waals surface area contributed by atoms with E-state index in [0.717, 1.165) is 20.0 Å². The van der Waals surface area contributed by atoms with E-state index in [2.05, 4.69) is 0 Å². The Kier molecular flexibility index (Phi) is 2.41. The molecule has 4 heteroatoms. The first kappa shape index (κ1) is 9.19. The van der Waals surface area contributed by atoms with E-state index < -0.39 is 0 Å². The van der Waals surface area contributed by atoms with Gasteiger partial charge in [-0.25, -0.2) is 0 Å². The molecular weight excluding hydrogens is 224 g/mol. The van der Waals surface area contributed by atoms with Crippen LogP contribution in [0.1, 0.15) is 0 Å². The molecule has 0 aliphatic rings. The quantitative estimate of drug-likeness (QED) is 0.748. The van der Waals surface area contributed by atoms with Crippen LogP contribution in [0.2, 0.25) is 5.02 Å². The molecule has 0 atom stereocenters. The van der Waals surface area contributed by atoms with Crippen molar-refractivity contribution in [2.24, 2.45) is 0 Å². The van der Waals surface area contributed by atoms with Gasteiger partial charge in [0.2, 0.25) is 0 Å². The minimum atomic E-state index is 0.340. The van der Waals surface area contributed by atoms with Gasteiger partial charge in [-0.1, -0.05) is 22.9 Å². The highest BCUT2D eigenvalue weighted by molar-refractivity contribution is 7.99. The van der Waals surface area contributed by atoms with Gasteiger partial charge in [0.1, 0.15) is 0 Å². The molecule has 2 aromatic rings. The van der Waals surface area contributed by atoms with Crippen molar-refractivity contribution in [3.8, 4) is 5.06 Å². The van der Waals surface area contributed by atoms with E-state index in [4.69, 9.17) is 11.6 Å². The van der Waals surface area contributed by atoms with E-state index in [0.29, 0.717) is 5.06 Å². The molecule has 2 rings (SSSR count). The molecule has 1 aromatic heterocycles. The third-order valence-electron chi connectivity index (χ3n) is 1.79. The molecule has 0 unspecified atom stereocenters. The van der Waals surface area contributed by atoms with Crippen molar-refractivity contribution >= 4 is 44.8 Å². The van der Waals surface area contributed by atoms with Gasteiger partial charge >= 0.3 is 0 Å². The van der Waals surface area contributed by atoms with Gasteiger partial charge in [0.25, 0.3) is 0 Å². The summed E-state index contributed by atoms with van der Waals surface area (Å²) >= 11 is 8.99. The first-order valence-corrected chi connectivity index (χ1v) is 6.09. The lowest BCUT2D eigenvalue weighted by Gasteiger charge is -2.00. The van der Waals surface area contributed by atoms with Gasteiger partial charge in [-0.05, 0) is 18.4 Å². The van der Waals surface area contributed by atoms with E-state index in [1.165, 1.54) is 11.3 Å². The number of halogens is 1. The number of rotatable bonds is 1. The van der Waals surface area contributed by atoms with Crippen LogP contribution in [0.4, 0.5) is 0 Å². The summed E-state index contributed by atoms with van der Waals surface area (Å²) in [5, 5.41) is 11.5. The summed E-state index contributed by atoms with van der Waals surface area (Å²) < 4.78 is 1.08. The minimum Gasteiger partial charge on any atom is -0.499 e. The van der Waals surface area contributed by atoms with Crippen molar-refractivity contribution in [1.29, 1.82) is 0 Å². The second-order valence-electron chi connectivity index (χ2n) is 2.58.